The number of thioether (sulfide) groups is 1. The van der Waals surface area contributed by atoms with Gasteiger partial charge in [-0.2, -0.15) is 0 Å². The maximum absolute atomic E-state index is 5.85. The van der Waals surface area contributed by atoms with E-state index in [1.54, 1.807) is 18.0 Å². The normalized spacial score (nSPS) is 10.9. The molecule has 0 spiro atoms. The summed E-state index contributed by atoms with van der Waals surface area (Å²) in [6.07, 6.45) is 2.77. The van der Waals surface area contributed by atoms with E-state index in [4.69, 9.17) is 5.73 Å². The summed E-state index contributed by atoms with van der Waals surface area (Å²) in [5.41, 5.74) is 10.5. The van der Waals surface area contributed by atoms with Crippen molar-refractivity contribution in [3.63, 3.8) is 0 Å². The van der Waals surface area contributed by atoms with Crippen LogP contribution < -0.4 is 5.73 Å². The molecule has 1 aromatic carbocycles. The average molecular weight is 234 g/mol. The average Bonchev–Trinajstić information content (AvgIpc) is 2.25. The Hall–Kier alpha value is -1.22. The molecule has 3 heteroatoms. The minimum atomic E-state index is 0.879. The van der Waals surface area contributed by atoms with Gasteiger partial charge in [0.15, 0.2) is 0 Å². The molecule has 1 aromatic rings. The van der Waals surface area contributed by atoms with E-state index in [0.717, 1.165) is 23.4 Å². The van der Waals surface area contributed by atoms with Gasteiger partial charge in [-0.25, -0.2) is 0 Å². The number of anilines is 1. The van der Waals surface area contributed by atoms with E-state index >= 15 is 0 Å². The Morgan fingerprint density at radius 1 is 1.38 bits per heavy atom. The predicted molar refractivity (Wildman–Crippen MR) is 75.2 cm³/mol. The van der Waals surface area contributed by atoms with Crippen molar-refractivity contribution in [2.45, 2.75) is 20.3 Å². The van der Waals surface area contributed by atoms with Gasteiger partial charge in [0.1, 0.15) is 0 Å². The van der Waals surface area contributed by atoms with Gasteiger partial charge in [0, 0.05) is 17.6 Å². The molecule has 86 valence electrons. The summed E-state index contributed by atoms with van der Waals surface area (Å²) in [4.78, 5) is 3.66. The molecule has 16 heavy (non-hydrogen) atoms. The van der Waals surface area contributed by atoms with Crippen molar-refractivity contribution in [3.05, 3.63) is 40.4 Å². The van der Waals surface area contributed by atoms with E-state index in [1.807, 2.05) is 12.3 Å². The highest BCUT2D eigenvalue weighted by Crippen LogP contribution is 2.19. The Balaban J connectivity index is 2.57. The topological polar surface area (TPSA) is 38.4 Å². The Labute approximate surface area is 102 Å². The molecule has 0 aliphatic rings. The largest absolute Gasteiger partial charge is 0.399 e. The summed E-state index contributed by atoms with van der Waals surface area (Å²) >= 11 is 1.75. The molecular formula is C13H18N2S. The summed E-state index contributed by atoms with van der Waals surface area (Å²) in [5.74, 6) is 1.05. The zero-order chi connectivity index (χ0) is 12.0. The second-order valence-electron chi connectivity index (χ2n) is 3.72. The van der Waals surface area contributed by atoms with Crippen LogP contribution in [0.1, 0.15) is 16.7 Å². The van der Waals surface area contributed by atoms with Crippen molar-refractivity contribution in [2.24, 2.45) is 4.99 Å². The number of benzene rings is 1. The number of rotatable bonds is 5. The first-order valence-electron chi connectivity index (χ1n) is 5.23. The maximum Gasteiger partial charge on any atom is 0.0346 e. The number of nitrogens with zero attached hydrogens (tertiary/aromatic N) is 1. The first kappa shape index (κ1) is 12.8. The summed E-state index contributed by atoms with van der Waals surface area (Å²) < 4.78 is 0. The fourth-order valence-corrected chi connectivity index (χ4v) is 2.14. The van der Waals surface area contributed by atoms with Crippen LogP contribution in [0, 0.1) is 13.8 Å². The highest BCUT2D eigenvalue weighted by molar-refractivity contribution is 8.02. The predicted octanol–water partition coefficient (Wildman–Crippen LogP) is 3.33. The molecule has 0 aromatic heterocycles. The number of hydrogen-bond donors (Lipinski definition) is 1. The standard InChI is InChI=1S/C13H18N2S/c1-10-9-13(14)11(2)8-12(10)4-6-16-7-5-15-3/h5,7-9H,3-4,6,14H2,1-2H3/b7-5-. The van der Waals surface area contributed by atoms with Crippen molar-refractivity contribution >= 4 is 24.2 Å². The molecule has 0 bridgehead atoms. The highest BCUT2D eigenvalue weighted by atomic mass is 32.2. The van der Waals surface area contributed by atoms with E-state index in [-0.39, 0.29) is 0 Å². The van der Waals surface area contributed by atoms with Gasteiger partial charge in [-0.15, -0.1) is 11.8 Å². The first-order chi connectivity index (χ1) is 7.65. The second-order valence-corrected chi connectivity index (χ2v) is 4.74. The minimum Gasteiger partial charge on any atom is -0.399 e. The van der Waals surface area contributed by atoms with Crippen molar-refractivity contribution in [1.82, 2.24) is 0 Å². The quantitative estimate of drug-likeness (QED) is 0.482. The summed E-state index contributed by atoms with van der Waals surface area (Å²) in [6, 6.07) is 4.23. The fourth-order valence-electron chi connectivity index (χ4n) is 1.49. The lowest BCUT2D eigenvalue weighted by molar-refractivity contribution is 1.12. The lowest BCUT2D eigenvalue weighted by Gasteiger charge is -2.08. The number of hydrogen-bond acceptors (Lipinski definition) is 3. The van der Waals surface area contributed by atoms with Gasteiger partial charge in [0.2, 0.25) is 0 Å². The van der Waals surface area contributed by atoms with Gasteiger partial charge in [0.05, 0.1) is 0 Å². The van der Waals surface area contributed by atoms with Crippen LogP contribution in [0.25, 0.3) is 0 Å². The van der Waals surface area contributed by atoms with Gasteiger partial charge >= 0.3 is 0 Å². The van der Waals surface area contributed by atoms with Crippen molar-refractivity contribution in [2.75, 3.05) is 11.5 Å². The van der Waals surface area contributed by atoms with Crippen LogP contribution in [-0.2, 0) is 6.42 Å². The molecule has 0 fully saturated rings. The van der Waals surface area contributed by atoms with E-state index in [1.165, 1.54) is 11.1 Å². The van der Waals surface area contributed by atoms with Gasteiger partial charge < -0.3 is 5.73 Å². The third-order valence-corrected chi connectivity index (χ3v) is 3.23. The zero-order valence-corrected chi connectivity index (χ0v) is 10.7. The molecule has 0 unspecified atom stereocenters. The van der Waals surface area contributed by atoms with E-state index < -0.39 is 0 Å². The number of aliphatic imine (C=N–C) groups is 1. The molecule has 2 N–H and O–H groups in total. The molecule has 0 saturated carbocycles. The van der Waals surface area contributed by atoms with E-state index in [2.05, 4.69) is 30.8 Å². The number of nitrogen functional groups attached to an aromatic ring is 1. The minimum absolute atomic E-state index is 0.879. The molecule has 0 atom stereocenters. The third kappa shape index (κ3) is 3.74. The van der Waals surface area contributed by atoms with Crippen LogP contribution in [0.3, 0.4) is 0 Å². The molecule has 2 nitrogen and oxygen atoms in total. The van der Waals surface area contributed by atoms with Gasteiger partial charge in [-0.05, 0) is 55.2 Å². The molecule has 0 radical (unpaired) electrons. The van der Waals surface area contributed by atoms with Gasteiger partial charge in [-0.3, -0.25) is 4.99 Å². The van der Waals surface area contributed by atoms with Crippen molar-refractivity contribution in [3.8, 4) is 0 Å². The molecule has 1 rings (SSSR count). The third-order valence-electron chi connectivity index (χ3n) is 2.48. The molecule has 0 aliphatic heterocycles. The smallest absolute Gasteiger partial charge is 0.0346 e. The Bertz CT molecular complexity index is 397. The Morgan fingerprint density at radius 2 is 2.12 bits per heavy atom. The Kier molecular flexibility index (Phi) is 5.12. The number of aryl methyl sites for hydroxylation is 3. The van der Waals surface area contributed by atoms with Gasteiger partial charge in [0.25, 0.3) is 0 Å². The van der Waals surface area contributed by atoms with Crippen LogP contribution in [-0.4, -0.2) is 12.5 Å². The first-order valence-corrected chi connectivity index (χ1v) is 6.28. The maximum atomic E-state index is 5.85. The number of nitrogens with two attached hydrogens (primary N) is 1. The van der Waals surface area contributed by atoms with E-state index in [0.29, 0.717) is 0 Å². The van der Waals surface area contributed by atoms with E-state index in [9.17, 15) is 0 Å². The summed E-state index contributed by atoms with van der Waals surface area (Å²) in [6.45, 7) is 7.54. The van der Waals surface area contributed by atoms with Crippen LogP contribution in [0.5, 0.6) is 0 Å². The lowest BCUT2D eigenvalue weighted by atomic mass is 10.0. The van der Waals surface area contributed by atoms with Crippen LogP contribution in [0.4, 0.5) is 5.69 Å². The molecular weight excluding hydrogens is 216 g/mol. The highest BCUT2D eigenvalue weighted by Gasteiger charge is 2.01. The SMILES string of the molecule is C=N/C=C\SCCc1cc(C)c(N)cc1C. The van der Waals surface area contributed by atoms with Crippen LogP contribution in [0.2, 0.25) is 0 Å². The molecule has 0 aliphatic carbocycles. The molecule has 0 heterocycles. The van der Waals surface area contributed by atoms with Gasteiger partial charge in [-0.1, -0.05) is 6.07 Å². The lowest BCUT2D eigenvalue weighted by Crippen LogP contribution is -1.97. The van der Waals surface area contributed by atoms with Crippen molar-refractivity contribution in [1.29, 1.82) is 0 Å². The second kappa shape index (κ2) is 6.38. The van der Waals surface area contributed by atoms with Crippen LogP contribution in [0.15, 0.2) is 28.7 Å². The summed E-state index contributed by atoms with van der Waals surface area (Å²) in [7, 11) is 0. The van der Waals surface area contributed by atoms with Crippen LogP contribution >= 0.6 is 11.8 Å². The molecule has 0 amide bonds. The monoisotopic (exact) mass is 234 g/mol. The summed E-state index contributed by atoms with van der Waals surface area (Å²) in [5, 5.41) is 1.96. The fraction of sp³-hybridized carbons (Fsp3) is 0.308. The van der Waals surface area contributed by atoms with Crippen molar-refractivity contribution < 1.29 is 0 Å². The Morgan fingerprint density at radius 3 is 2.81 bits per heavy atom. The molecule has 0 saturated heterocycles. The zero-order valence-electron chi connectivity index (χ0n) is 9.86.